The number of rotatable bonds is 5. The van der Waals surface area contributed by atoms with Gasteiger partial charge in [0.05, 0.1) is 16.8 Å². The highest BCUT2D eigenvalue weighted by atomic mass is 32.2. The highest BCUT2D eigenvalue weighted by Crippen LogP contribution is 2.23. The lowest BCUT2D eigenvalue weighted by Crippen LogP contribution is -2.16. The van der Waals surface area contributed by atoms with Gasteiger partial charge in [-0.05, 0) is 55.7 Å². The molecule has 0 spiro atoms. The molecule has 24 heavy (non-hydrogen) atoms. The first-order valence-corrected chi connectivity index (χ1v) is 9.44. The second-order valence-corrected chi connectivity index (χ2v) is 7.76. The molecule has 0 radical (unpaired) electrons. The number of benzene rings is 1. The van der Waals surface area contributed by atoms with E-state index in [4.69, 9.17) is 0 Å². The molecule has 1 aliphatic carbocycles. The molecule has 0 saturated heterocycles. The van der Waals surface area contributed by atoms with Crippen molar-refractivity contribution in [3.05, 3.63) is 47.9 Å². The van der Waals surface area contributed by atoms with E-state index >= 15 is 0 Å². The Bertz CT molecular complexity index is 816. The SMILES string of the molecule is Cc1cc(S(=O)(=O)Nc2ccc(NC3CCCC3)nc2)ccc1F. The van der Waals surface area contributed by atoms with Crippen LogP contribution in [-0.2, 0) is 10.0 Å². The van der Waals surface area contributed by atoms with E-state index in [0.717, 1.165) is 24.7 Å². The Morgan fingerprint density at radius 1 is 1.17 bits per heavy atom. The molecule has 128 valence electrons. The molecule has 1 aromatic carbocycles. The van der Waals surface area contributed by atoms with Gasteiger partial charge >= 0.3 is 0 Å². The summed E-state index contributed by atoms with van der Waals surface area (Å²) in [4.78, 5) is 4.28. The molecule has 7 heteroatoms. The fourth-order valence-corrected chi connectivity index (χ4v) is 3.95. The van der Waals surface area contributed by atoms with E-state index in [1.807, 2.05) is 0 Å². The van der Waals surface area contributed by atoms with Crippen molar-refractivity contribution in [2.45, 2.75) is 43.5 Å². The average Bonchev–Trinajstić information content (AvgIpc) is 3.04. The molecule has 0 aliphatic heterocycles. The van der Waals surface area contributed by atoms with Gasteiger partial charge in [-0.3, -0.25) is 4.72 Å². The molecule has 3 rings (SSSR count). The van der Waals surface area contributed by atoms with Crippen LogP contribution in [0.15, 0.2) is 41.4 Å². The van der Waals surface area contributed by atoms with Crippen LogP contribution in [-0.4, -0.2) is 19.4 Å². The molecule has 0 amide bonds. The largest absolute Gasteiger partial charge is 0.367 e. The molecule has 0 atom stereocenters. The lowest BCUT2D eigenvalue weighted by atomic mass is 10.2. The molecule has 1 fully saturated rings. The van der Waals surface area contributed by atoms with Crippen LogP contribution in [0.5, 0.6) is 0 Å². The lowest BCUT2D eigenvalue weighted by molar-refractivity contribution is 0.598. The Kier molecular flexibility index (Phi) is 4.71. The first-order chi connectivity index (χ1) is 11.4. The number of nitrogens with zero attached hydrogens (tertiary/aromatic N) is 1. The topological polar surface area (TPSA) is 71.1 Å². The Morgan fingerprint density at radius 3 is 2.54 bits per heavy atom. The van der Waals surface area contributed by atoms with Crippen molar-refractivity contribution < 1.29 is 12.8 Å². The van der Waals surface area contributed by atoms with Crippen molar-refractivity contribution in [2.24, 2.45) is 0 Å². The van der Waals surface area contributed by atoms with Gasteiger partial charge in [0.1, 0.15) is 11.6 Å². The summed E-state index contributed by atoms with van der Waals surface area (Å²) in [5.41, 5.74) is 0.654. The van der Waals surface area contributed by atoms with Crippen LogP contribution in [0.4, 0.5) is 15.9 Å². The van der Waals surface area contributed by atoms with E-state index in [2.05, 4.69) is 15.0 Å². The highest BCUT2D eigenvalue weighted by molar-refractivity contribution is 7.92. The van der Waals surface area contributed by atoms with Gasteiger partial charge in [-0.1, -0.05) is 12.8 Å². The molecule has 1 heterocycles. The molecule has 0 bridgehead atoms. The Hall–Kier alpha value is -2.15. The number of hydrogen-bond donors (Lipinski definition) is 2. The van der Waals surface area contributed by atoms with Crippen molar-refractivity contribution in [2.75, 3.05) is 10.0 Å². The fraction of sp³-hybridized carbons (Fsp3) is 0.353. The zero-order chi connectivity index (χ0) is 17.2. The van der Waals surface area contributed by atoms with Gasteiger partial charge in [0.25, 0.3) is 10.0 Å². The molecule has 0 unspecified atom stereocenters. The smallest absolute Gasteiger partial charge is 0.261 e. The second kappa shape index (κ2) is 6.76. The van der Waals surface area contributed by atoms with Crippen LogP contribution in [0.25, 0.3) is 0 Å². The number of anilines is 2. The van der Waals surface area contributed by atoms with Crippen molar-refractivity contribution in [3.8, 4) is 0 Å². The van der Waals surface area contributed by atoms with Gasteiger partial charge in [-0.2, -0.15) is 0 Å². The third-order valence-corrected chi connectivity index (χ3v) is 5.54. The van der Waals surface area contributed by atoms with Crippen LogP contribution in [0, 0.1) is 12.7 Å². The first-order valence-electron chi connectivity index (χ1n) is 7.95. The van der Waals surface area contributed by atoms with Crippen molar-refractivity contribution in [1.82, 2.24) is 4.98 Å². The number of aromatic nitrogens is 1. The minimum Gasteiger partial charge on any atom is -0.367 e. The predicted molar refractivity (Wildman–Crippen MR) is 92.1 cm³/mol. The number of aryl methyl sites for hydroxylation is 1. The number of halogens is 1. The Labute approximate surface area is 141 Å². The van der Waals surface area contributed by atoms with Crippen LogP contribution < -0.4 is 10.0 Å². The summed E-state index contributed by atoms with van der Waals surface area (Å²) in [5, 5.41) is 3.35. The maximum Gasteiger partial charge on any atom is 0.261 e. The van der Waals surface area contributed by atoms with Crippen molar-refractivity contribution in [1.29, 1.82) is 0 Å². The molecule has 2 N–H and O–H groups in total. The van der Waals surface area contributed by atoms with Gasteiger partial charge in [0.15, 0.2) is 0 Å². The minimum absolute atomic E-state index is 0.0227. The van der Waals surface area contributed by atoms with Crippen LogP contribution in [0.2, 0.25) is 0 Å². The summed E-state index contributed by atoms with van der Waals surface area (Å²) in [6, 6.07) is 7.57. The maximum absolute atomic E-state index is 13.3. The molecular formula is C17H20FN3O2S. The quantitative estimate of drug-likeness (QED) is 0.864. The normalized spacial score (nSPS) is 15.4. The third kappa shape index (κ3) is 3.84. The number of nitrogens with one attached hydrogen (secondary N) is 2. The molecule has 2 aromatic rings. The molecule has 1 aliphatic rings. The van der Waals surface area contributed by atoms with Gasteiger partial charge < -0.3 is 5.32 Å². The van der Waals surface area contributed by atoms with Gasteiger partial charge in [-0.15, -0.1) is 0 Å². The zero-order valence-electron chi connectivity index (χ0n) is 13.4. The Morgan fingerprint density at radius 2 is 1.92 bits per heavy atom. The third-order valence-electron chi connectivity index (χ3n) is 4.16. The molecular weight excluding hydrogens is 329 g/mol. The van der Waals surface area contributed by atoms with Gasteiger partial charge in [0.2, 0.25) is 0 Å². The molecule has 1 saturated carbocycles. The molecule has 5 nitrogen and oxygen atoms in total. The van der Waals surface area contributed by atoms with Crippen molar-refractivity contribution in [3.63, 3.8) is 0 Å². The maximum atomic E-state index is 13.3. The minimum atomic E-state index is -3.76. The fourth-order valence-electron chi connectivity index (χ4n) is 2.82. The van der Waals surface area contributed by atoms with E-state index in [9.17, 15) is 12.8 Å². The van der Waals surface area contributed by atoms with Crippen molar-refractivity contribution >= 4 is 21.5 Å². The standard InChI is InChI=1S/C17H20FN3O2S/c1-12-10-15(7-8-16(12)18)24(22,23)21-14-6-9-17(19-11-14)20-13-4-2-3-5-13/h6-11,13,21H,2-5H2,1H3,(H,19,20). The number of sulfonamides is 1. The molecule has 1 aromatic heterocycles. The average molecular weight is 349 g/mol. The van der Waals surface area contributed by atoms with E-state index in [1.54, 1.807) is 12.1 Å². The predicted octanol–water partition coefficient (Wildman–Crippen LogP) is 3.68. The van der Waals surface area contributed by atoms with E-state index < -0.39 is 15.8 Å². The van der Waals surface area contributed by atoms with E-state index in [-0.39, 0.29) is 10.5 Å². The highest BCUT2D eigenvalue weighted by Gasteiger charge is 2.17. The van der Waals surface area contributed by atoms with E-state index in [1.165, 1.54) is 38.1 Å². The number of hydrogen-bond acceptors (Lipinski definition) is 4. The van der Waals surface area contributed by atoms with Crippen LogP contribution in [0.1, 0.15) is 31.2 Å². The zero-order valence-corrected chi connectivity index (χ0v) is 14.2. The summed E-state index contributed by atoms with van der Waals surface area (Å²) < 4.78 is 40.5. The number of pyridine rings is 1. The summed E-state index contributed by atoms with van der Waals surface area (Å²) in [7, 11) is -3.76. The van der Waals surface area contributed by atoms with Crippen LogP contribution >= 0.6 is 0 Å². The summed E-state index contributed by atoms with van der Waals surface area (Å²) in [6.07, 6.45) is 6.21. The summed E-state index contributed by atoms with van der Waals surface area (Å²) >= 11 is 0. The summed E-state index contributed by atoms with van der Waals surface area (Å²) in [6.45, 7) is 1.53. The Balaban J connectivity index is 1.71. The first kappa shape index (κ1) is 16.7. The second-order valence-electron chi connectivity index (χ2n) is 6.07. The van der Waals surface area contributed by atoms with Gasteiger partial charge in [0, 0.05) is 6.04 Å². The monoisotopic (exact) mass is 349 g/mol. The lowest BCUT2D eigenvalue weighted by Gasteiger charge is -2.13. The van der Waals surface area contributed by atoms with E-state index in [0.29, 0.717) is 11.7 Å². The van der Waals surface area contributed by atoms with Crippen LogP contribution in [0.3, 0.4) is 0 Å². The van der Waals surface area contributed by atoms with Gasteiger partial charge in [-0.25, -0.2) is 17.8 Å². The summed E-state index contributed by atoms with van der Waals surface area (Å²) in [5.74, 6) is 0.306.